The highest BCUT2D eigenvalue weighted by Crippen LogP contribution is 2.30. The molecule has 0 N–H and O–H groups in total. The molecular weight excluding hydrogens is 416 g/mol. The van der Waals surface area contributed by atoms with Crippen LogP contribution in [0.15, 0.2) is 54.6 Å². The third kappa shape index (κ3) is 4.84. The van der Waals surface area contributed by atoms with E-state index in [1.54, 1.807) is 18.2 Å². The van der Waals surface area contributed by atoms with E-state index in [0.717, 1.165) is 0 Å². The number of hydrogen-bond donors (Lipinski definition) is 0. The van der Waals surface area contributed by atoms with Gasteiger partial charge in [0.25, 0.3) is 5.82 Å². The number of halogens is 6. The SMILES string of the molecule is O=C(N(CCOn1c(C(F)(F)F)nc2ccccc21)Cc1ccccc1)C(F)(F)F. The van der Waals surface area contributed by atoms with E-state index in [1.165, 1.54) is 36.4 Å². The fraction of sp³-hybridized carbons (Fsp3) is 0.263. The standard InChI is InChI=1S/C19H15F6N3O2/c20-18(21,22)16-26-14-8-4-5-9-15(14)28(16)30-11-10-27(17(29)19(23,24)25)12-13-6-2-1-3-7-13/h1-9H,10-12H2. The molecule has 0 spiro atoms. The molecule has 0 aliphatic carbocycles. The molecule has 1 heterocycles. The quantitative estimate of drug-likeness (QED) is 0.553. The van der Waals surface area contributed by atoms with Crippen LogP contribution >= 0.6 is 0 Å². The Morgan fingerprint density at radius 2 is 1.60 bits per heavy atom. The molecule has 3 rings (SSSR count). The number of rotatable bonds is 6. The Hall–Kier alpha value is -3.24. The molecule has 0 bridgehead atoms. The molecule has 0 unspecified atom stereocenters. The first-order valence-electron chi connectivity index (χ1n) is 8.65. The zero-order valence-electron chi connectivity index (χ0n) is 15.2. The summed E-state index contributed by atoms with van der Waals surface area (Å²) in [6.45, 7) is -1.57. The number of amides is 1. The fourth-order valence-electron chi connectivity index (χ4n) is 2.79. The number of imidazole rings is 1. The normalized spacial score (nSPS) is 12.2. The van der Waals surface area contributed by atoms with Gasteiger partial charge in [0.1, 0.15) is 12.1 Å². The van der Waals surface area contributed by atoms with Gasteiger partial charge in [0.15, 0.2) is 0 Å². The molecule has 0 saturated heterocycles. The number of fused-ring (bicyclic) bond motifs is 1. The molecule has 0 aliphatic rings. The molecule has 0 saturated carbocycles. The third-order valence-corrected chi connectivity index (χ3v) is 4.10. The summed E-state index contributed by atoms with van der Waals surface area (Å²) in [5.41, 5.74) is 0.443. The minimum absolute atomic E-state index is 0.00147. The van der Waals surface area contributed by atoms with Crippen molar-refractivity contribution in [3.8, 4) is 0 Å². The van der Waals surface area contributed by atoms with Crippen molar-refractivity contribution in [2.24, 2.45) is 0 Å². The number of hydrogen-bond acceptors (Lipinski definition) is 3. The summed E-state index contributed by atoms with van der Waals surface area (Å²) in [7, 11) is 0. The molecule has 11 heteroatoms. The first-order valence-corrected chi connectivity index (χ1v) is 8.65. The summed E-state index contributed by atoms with van der Waals surface area (Å²) in [4.78, 5) is 20.8. The Morgan fingerprint density at radius 3 is 2.23 bits per heavy atom. The topological polar surface area (TPSA) is 47.4 Å². The average Bonchev–Trinajstić information content (AvgIpc) is 3.06. The van der Waals surface area contributed by atoms with E-state index in [2.05, 4.69) is 4.98 Å². The summed E-state index contributed by atoms with van der Waals surface area (Å²) >= 11 is 0. The van der Waals surface area contributed by atoms with E-state index in [0.29, 0.717) is 15.2 Å². The Morgan fingerprint density at radius 1 is 0.967 bits per heavy atom. The molecule has 0 aliphatic heterocycles. The Bertz CT molecular complexity index is 1010. The highest BCUT2D eigenvalue weighted by Gasteiger charge is 2.42. The van der Waals surface area contributed by atoms with Crippen molar-refractivity contribution in [3.05, 3.63) is 66.0 Å². The monoisotopic (exact) mass is 431 g/mol. The highest BCUT2D eigenvalue weighted by molar-refractivity contribution is 5.81. The Labute approximate surface area is 166 Å². The third-order valence-electron chi connectivity index (χ3n) is 4.10. The van der Waals surface area contributed by atoms with Gasteiger partial charge in [-0.3, -0.25) is 4.79 Å². The lowest BCUT2D eigenvalue weighted by molar-refractivity contribution is -0.187. The van der Waals surface area contributed by atoms with Crippen molar-refractivity contribution >= 4 is 16.9 Å². The van der Waals surface area contributed by atoms with Crippen molar-refractivity contribution in [2.45, 2.75) is 18.9 Å². The van der Waals surface area contributed by atoms with Crippen LogP contribution < -0.4 is 4.84 Å². The summed E-state index contributed by atoms with van der Waals surface area (Å²) in [5.74, 6) is -3.46. The number of benzene rings is 2. The Kier molecular flexibility index (Phi) is 5.90. The molecular formula is C19H15F6N3O2. The number of para-hydroxylation sites is 2. The van der Waals surface area contributed by atoms with Crippen LogP contribution in [0.5, 0.6) is 0 Å². The van der Waals surface area contributed by atoms with Crippen LogP contribution in [0.2, 0.25) is 0 Å². The predicted octanol–water partition coefficient (Wildman–Crippen LogP) is 4.07. The molecule has 0 radical (unpaired) electrons. The van der Waals surface area contributed by atoms with Gasteiger partial charge in [-0.2, -0.15) is 31.1 Å². The van der Waals surface area contributed by atoms with Gasteiger partial charge in [-0.1, -0.05) is 42.5 Å². The molecule has 2 aromatic carbocycles. The van der Waals surface area contributed by atoms with Gasteiger partial charge >= 0.3 is 18.3 Å². The van der Waals surface area contributed by atoms with E-state index >= 15 is 0 Å². The number of aromatic nitrogens is 2. The highest BCUT2D eigenvalue weighted by atomic mass is 19.4. The molecule has 0 fully saturated rings. The molecule has 5 nitrogen and oxygen atoms in total. The van der Waals surface area contributed by atoms with E-state index < -0.39 is 37.2 Å². The van der Waals surface area contributed by atoms with Crippen LogP contribution in [-0.4, -0.2) is 39.8 Å². The minimum atomic E-state index is -5.13. The molecule has 1 aromatic heterocycles. The molecule has 1 amide bonds. The molecule has 0 atom stereocenters. The summed E-state index contributed by atoms with van der Waals surface area (Å²) in [6, 6.07) is 13.5. The van der Waals surface area contributed by atoms with E-state index in [9.17, 15) is 31.1 Å². The first-order chi connectivity index (χ1) is 14.1. The van der Waals surface area contributed by atoms with Gasteiger partial charge in [-0.15, -0.1) is 0 Å². The smallest absolute Gasteiger partial charge is 0.410 e. The zero-order chi connectivity index (χ0) is 21.9. The summed E-state index contributed by atoms with van der Waals surface area (Å²) in [5, 5.41) is 0. The van der Waals surface area contributed by atoms with Crippen LogP contribution in [0.1, 0.15) is 11.4 Å². The molecule has 30 heavy (non-hydrogen) atoms. The van der Waals surface area contributed by atoms with Crippen molar-refractivity contribution in [1.82, 2.24) is 14.6 Å². The largest absolute Gasteiger partial charge is 0.471 e. The van der Waals surface area contributed by atoms with E-state index in [-0.39, 0.29) is 17.6 Å². The van der Waals surface area contributed by atoms with Crippen molar-refractivity contribution in [1.29, 1.82) is 0 Å². The van der Waals surface area contributed by atoms with Gasteiger partial charge in [0, 0.05) is 6.54 Å². The van der Waals surface area contributed by atoms with Gasteiger partial charge in [0.2, 0.25) is 0 Å². The summed E-state index contributed by atoms with van der Waals surface area (Å²) < 4.78 is 79.0. The van der Waals surface area contributed by atoms with Crippen molar-refractivity contribution in [2.75, 3.05) is 13.2 Å². The van der Waals surface area contributed by atoms with Crippen molar-refractivity contribution < 1.29 is 36.0 Å². The maximum absolute atomic E-state index is 13.3. The molecule has 160 valence electrons. The Balaban J connectivity index is 1.80. The predicted molar refractivity (Wildman–Crippen MR) is 94.1 cm³/mol. The van der Waals surface area contributed by atoms with Gasteiger partial charge in [0.05, 0.1) is 12.1 Å². The van der Waals surface area contributed by atoms with E-state index in [1.807, 2.05) is 0 Å². The fourth-order valence-corrected chi connectivity index (χ4v) is 2.79. The summed E-state index contributed by atoms with van der Waals surface area (Å²) in [6.07, 6.45) is -9.97. The average molecular weight is 431 g/mol. The first kappa shape index (κ1) is 21.5. The second-order valence-electron chi connectivity index (χ2n) is 6.26. The number of alkyl halides is 6. The van der Waals surface area contributed by atoms with Gasteiger partial charge in [-0.25, -0.2) is 4.98 Å². The number of nitrogens with zero attached hydrogens (tertiary/aromatic N) is 3. The second-order valence-corrected chi connectivity index (χ2v) is 6.26. The maximum Gasteiger partial charge on any atom is 0.471 e. The van der Waals surface area contributed by atoms with Crippen LogP contribution in [-0.2, 0) is 17.5 Å². The van der Waals surface area contributed by atoms with Crippen molar-refractivity contribution in [3.63, 3.8) is 0 Å². The lowest BCUT2D eigenvalue weighted by Crippen LogP contribution is -2.43. The van der Waals surface area contributed by atoms with Crippen LogP contribution in [0.25, 0.3) is 11.0 Å². The van der Waals surface area contributed by atoms with Crippen LogP contribution in [0, 0.1) is 0 Å². The molecule has 3 aromatic rings. The van der Waals surface area contributed by atoms with E-state index in [4.69, 9.17) is 4.84 Å². The maximum atomic E-state index is 13.3. The van der Waals surface area contributed by atoms with Gasteiger partial charge < -0.3 is 9.74 Å². The second kappa shape index (κ2) is 8.25. The van der Waals surface area contributed by atoms with Crippen LogP contribution in [0.3, 0.4) is 0 Å². The number of carbonyl (C=O) groups excluding carboxylic acids is 1. The lowest BCUT2D eigenvalue weighted by Gasteiger charge is -2.24. The lowest BCUT2D eigenvalue weighted by atomic mass is 10.2. The zero-order valence-corrected chi connectivity index (χ0v) is 15.2. The van der Waals surface area contributed by atoms with Gasteiger partial charge in [-0.05, 0) is 17.7 Å². The number of carbonyl (C=O) groups is 1. The minimum Gasteiger partial charge on any atom is -0.410 e. The van der Waals surface area contributed by atoms with Crippen LogP contribution in [0.4, 0.5) is 26.3 Å².